The molecule has 0 fully saturated rings. The second-order valence-corrected chi connectivity index (χ2v) is 2.97. The Hall–Kier alpha value is -1.95. The Morgan fingerprint density at radius 3 is 2.73 bits per heavy atom. The maximum atomic E-state index is 5.42. The van der Waals surface area contributed by atoms with Crippen LogP contribution in [0.3, 0.4) is 0 Å². The van der Waals surface area contributed by atoms with E-state index in [0.717, 1.165) is 5.75 Å². The van der Waals surface area contributed by atoms with Gasteiger partial charge in [0.25, 0.3) is 0 Å². The number of nitrogens with two attached hydrogens (primary N) is 2. The molecule has 15 heavy (non-hydrogen) atoms. The molecule has 0 saturated heterocycles. The predicted octanol–water partition coefficient (Wildman–Crippen LogP) is -0.133. The predicted molar refractivity (Wildman–Crippen MR) is 56.0 cm³/mol. The van der Waals surface area contributed by atoms with Crippen LogP contribution in [0.25, 0.3) is 0 Å². The number of ether oxygens (including phenoxy) is 2. The third kappa shape index (κ3) is 2.10. The lowest BCUT2D eigenvalue weighted by atomic mass is 10.2. The normalized spacial score (nSPS) is 14.9. The van der Waals surface area contributed by atoms with Crippen LogP contribution in [0, 0.1) is 0 Å². The van der Waals surface area contributed by atoms with Gasteiger partial charge in [-0.05, 0) is 12.1 Å². The zero-order chi connectivity index (χ0) is 10.7. The van der Waals surface area contributed by atoms with Crippen LogP contribution in [0.1, 0.15) is 0 Å². The van der Waals surface area contributed by atoms with Crippen molar-refractivity contribution in [1.82, 2.24) is 5.43 Å². The minimum absolute atomic E-state index is 0.145. The summed E-state index contributed by atoms with van der Waals surface area (Å²) in [5, 5.41) is 0. The van der Waals surface area contributed by atoms with E-state index in [1.807, 2.05) is 0 Å². The van der Waals surface area contributed by atoms with Crippen molar-refractivity contribution in [3.05, 3.63) is 18.2 Å². The van der Waals surface area contributed by atoms with Crippen molar-refractivity contribution in [3.63, 3.8) is 0 Å². The summed E-state index contributed by atoms with van der Waals surface area (Å²) in [7, 11) is 0. The second-order valence-electron chi connectivity index (χ2n) is 2.97. The number of hydrogen-bond acceptors (Lipinski definition) is 4. The zero-order valence-corrected chi connectivity index (χ0v) is 8.06. The van der Waals surface area contributed by atoms with E-state index >= 15 is 0 Å². The van der Waals surface area contributed by atoms with Crippen LogP contribution in [-0.4, -0.2) is 19.2 Å². The number of hydrazine groups is 1. The third-order valence-electron chi connectivity index (χ3n) is 1.92. The SMILES string of the molecule is NNC(N)=Nc1ccc2c(c1)OCCO2. The third-order valence-corrected chi connectivity index (χ3v) is 1.92. The van der Waals surface area contributed by atoms with Crippen LogP contribution >= 0.6 is 0 Å². The van der Waals surface area contributed by atoms with Gasteiger partial charge in [0.15, 0.2) is 11.5 Å². The summed E-state index contributed by atoms with van der Waals surface area (Å²) >= 11 is 0. The van der Waals surface area contributed by atoms with Gasteiger partial charge in [-0.15, -0.1) is 0 Å². The van der Waals surface area contributed by atoms with E-state index in [1.54, 1.807) is 18.2 Å². The summed E-state index contributed by atoms with van der Waals surface area (Å²) in [5.74, 6) is 6.64. The van der Waals surface area contributed by atoms with Crippen LogP contribution in [0.15, 0.2) is 23.2 Å². The van der Waals surface area contributed by atoms with E-state index in [1.165, 1.54) is 0 Å². The van der Waals surface area contributed by atoms with Crippen molar-refractivity contribution in [2.75, 3.05) is 13.2 Å². The lowest BCUT2D eigenvalue weighted by Crippen LogP contribution is -2.36. The first kappa shape index (κ1) is 9.60. The fourth-order valence-electron chi connectivity index (χ4n) is 1.27. The molecule has 0 atom stereocenters. The van der Waals surface area contributed by atoms with Crippen molar-refractivity contribution < 1.29 is 9.47 Å². The van der Waals surface area contributed by atoms with E-state index in [-0.39, 0.29) is 5.96 Å². The number of fused-ring (bicyclic) bond motifs is 1. The van der Waals surface area contributed by atoms with Crippen molar-refractivity contribution in [2.24, 2.45) is 16.6 Å². The maximum Gasteiger partial charge on any atom is 0.208 e. The summed E-state index contributed by atoms with van der Waals surface area (Å²) in [4.78, 5) is 4.01. The topological polar surface area (TPSA) is 94.9 Å². The Morgan fingerprint density at radius 1 is 1.27 bits per heavy atom. The standard InChI is InChI=1S/C9H12N4O2/c10-9(13-11)12-6-1-2-7-8(5-6)15-4-3-14-7/h1-2,5H,3-4,11H2,(H3,10,12,13). The van der Waals surface area contributed by atoms with E-state index < -0.39 is 0 Å². The molecule has 0 bridgehead atoms. The van der Waals surface area contributed by atoms with Gasteiger partial charge in [0.05, 0.1) is 5.69 Å². The van der Waals surface area contributed by atoms with Gasteiger partial charge in [0.1, 0.15) is 13.2 Å². The average molecular weight is 208 g/mol. The van der Waals surface area contributed by atoms with Gasteiger partial charge in [0, 0.05) is 6.07 Å². The van der Waals surface area contributed by atoms with Gasteiger partial charge < -0.3 is 15.2 Å². The fourth-order valence-corrected chi connectivity index (χ4v) is 1.27. The number of nitrogens with one attached hydrogen (secondary N) is 1. The van der Waals surface area contributed by atoms with E-state index in [0.29, 0.717) is 24.7 Å². The molecular weight excluding hydrogens is 196 g/mol. The molecule has 0 saturated carbocycles. The summed E-state index contributed by atoms with van der Waals surface area (Å²) < 4.78 is 10.8. The highest BCUT2D eigenvalue weighted by Crippen LogP contribution is 2.33. The molecule has 6 nitrogen and oxygen atoms in total. The summed E-state index contributed by atoms with van der Waals surface area (Å²) in [6, 6.07) is 5.31. The van der Waals surface area contributed by atoms with Gasteiger partial charge >= 0.3 is 0 Å². The monoisotopic (exact) mass is 208 g/mol. The molecule has 1 heterocycles. The average Bonchev–Trinajstić information content (AvgIpc) is 2.29. The van der Waals surface area contributed by atoms with Crippen LogP contribution in [0.5, 0.6) is 11.5 Å². The van der Waals surface area contributed by atoms with Crippen LogP contribution in [-0.2, 0) is 0 Å². The fraction of sp³-hybridized carbons (Fsp3) is 0.222. The number of nitrogens with zero attached hydrogens (tertiary/aromatic N) is 1. The Balaban J connectivity index is 2.28. The van der Waals surface area contributed by atoms with E-state index in [2.05, 4.69) is 10.4 Å². The quantitative estimate of drug-likeness (QED) is 0.258. The van der Waals surface area contributed by atoms with Crippen molar-refractivity contribution in [1.29, 1.82) is 0 Å². The first-order valence-electron chi connectivity index (χ1n) is 4.50. The summed E-state index contributed by atoms with van der Waals surface area (Å²) in [6.45, 7) is 1.12. The van der Waals surface area contributed by atoms with E-state index in [9.17, 15) is 0 Å². The molecule has 0 aliphatic carbocycles. The first-order valence-corrected chi connectivity index (χ1v) is 4.50. The molecule has 0 spiro atoms. The molecule has 2 rings (SSSR count). The number of hydrogen-bond donors (Lipinski definition) is 3. The van der Waals surface area contributed by atoms with E-state index in [4.69, 9.17) is 21.1 Å². The Bertz CT molecular complexity index is 392. The van der Waals surface area contributed by atoms with Crippen LogP contribution < -0.4 is 26.5 Å². The highest BCUT2D eigenvalue weighted by atomic mass is 16.6. The smallest absolute Gasteiger partial charge is 0.208 e. The highest BCUT2D eigenvalue weighted by molar-refractivity contribution is 5.80. The largest absolute Gasteiger partial charge is 0.486 e. The Kier molecular flexibility index (Phi) is 2.59. The molecule has 1 aromatic rings. The summed E-state index contributed by atoms with van der Waals surface area (Å²) in [6.07, 6.45) is 0. The molecule has 0 amide bonds. The molecule has 1 aliphatic rings. The van der Waals surface area contributed by atoms with Gasteiger partial charge in [-0.25, -0.2) is 10.8 Å². The van der Waals surface area contributed by atoms with Gasteiger partial charge in [-0.1, -0.05) is 0 Å². The summed E-state index contributed by atoms with van der Waals surface area (Å²) in [5.41, 5.74) is 8.33. The number of rotatable bonds is 1. The molecular formula is C9H12N4O2. The van der Waals surface area contributed by atoms with Crippen molar-refractivity contribution >= 4 is 11.6 Å². The zero-order valence-electron chi connectivity index (χ0n) is 8.06. The maximum absolute atomic E-state index is 5.42. The molecule has 0 aromatic heterocycles. The van der Waals surface area contributed by atoms with Gasteiger partial charge in [-0.3, -0.25) is 5.43 Å². The number of benzene rings is 1. The molecule has 1 aliphatic heterocycles. The van der Waals surface area contributed by atoms with Gasteiger partial charge in [-0.2, -0.15) is 0 Å². The highest BCUT2D eigenvalue weighted by Gasteiger charge is 2.11. The molecule has 80 valence electrons. The van der Waals surface area contributed by atoms with Gasteiger partial charge in [0.2, 0.25) is 5.96 Å². The second kappa shape index (κ2) is 4.05. The van der Waals surface area contributed by atoms with Crippen molar-refractivity contribution in [2.45, 2.75) is 0 Å². The molecule has 6 heteroatoms. The van der Waals surface area contributed by atoms with Crippen molar-refractivity contribution in [3.8, 4) is 11.5 Å². The van der Waals surface area contributed by atoms with Crippen LogP contribution in [0.2, 0.25) is 0 Å². The Morgan fingerprint density at radius 2 is 2.00 bits per heavy atom. The van der Waals surface area contributed by atoms with Crippen LogP contribution in [0.4, 0.5) is 5.69 Å². The lowest BCUT2D eigenvalue weighted by Gasteiger charge is -2.18. The minimum Gasteiger partial charge on any atom is -0.486 e. The molecule has 1 aromatic carbocycles. The number of guanidine groups is 1. The molecule has 0 unspecified atom stereocenters. The molecule has 5 N–H and O–H groups in total. The lowest BCUT2D eigenvalue weighted by molar-refractivity contribution is 0.171. The minimum atomic E-state index is 0.145. The first-order chi connectivity index (χ1) is 7.29. The molecule has 0 radical (unpaired) electrons. The Labute approximate surface area is 86.8 Å². The number of aliphatic imine (C=N–C) groups is 1.